The molecule has 1 aliphatic heterocycles. The predicted molar refractivity (Wildman–Crippen MR) is 113 cm³/mol. The zero-order valence-corrected chi connectivity index (χ0v) is 17.7. The molecule has 0 bridgehead atoms. The van der Waals surface area contributed by atoms with Crippen LogP contribution in [0.4, 0.5) is 5.69 Å². The number of aromatic nitrogens is 1. The zero-order chi connectivity index (χ0) is 21.7. The first-order valence-corrected chi connectivity index (χ1v) is 9.75. The number of benzene rings is 1. The monoisotopic (exact) mass is 410 g/mol. The average Bonchev–Trinajstić information content (AvgIpc) is 3.13. The van der Waals surface area contributed by atoms with E-state index in [0.29, 0.717) is 42.0 Å². The van der Waals surface area contributed by atoms with Gasteiger partial charge in [0.25, 0.3) is 0 Å². The quantitative estimate of drug-likeness (QED) is 0.523. The minimum absolute atomic E-state index is 0.0676. The number of hydrogen-bond donors (Lipinski definition) is 1. The van der Waals surface area contributed by atoms with E-state index in [0.717, 1.165) is 22.3 Å². The molecule has 0 radical (unpaired) electrons. The Morgan fingerprint density at radius 2 is 2.03 bits per heavy atom. The molecule has 0 atom stereocenters. The summed E-state index contributed by atoms with van der Waals surface area (Å²) in [4.78, 5) is 28.3. The maximum atomic E-state index is 12.2. The van der Waals surface area contributed by atoms with E-state index in [1.165, 1.54) is 0 Å². The zero-order valence-electron chi connectivity index (χ0n) is 17.7. The molecule has 1 amide bonds. The number of methoxy groups -OCH3 is 2. The van der Waals surface area contributed by atoms with Crippen LogP contribution < -0.4 is 14.8 Å². The van der Waals surface area contributed by atoms with Gasteiger partial charge in [0.15, 0.2) is 0 Å². The number of nitrogens with one attached hydrogen (secondary N) is 1. The molecule has 1 aromatic carbocycles. The van der Waals surface area contributed by atoms with Gasteiger partial charge < -0.3 is 19.5 Å². The van der Waals surface area contributed by atoms with E-state index < -0.39 is 0 Å². The van der Waals surface area contributed by atoms with Gasteiger partial charge in [-0.1, -0.05) is 11.6 Å². The lowest BCUT2D eigenvalue weighted by atomic mass is 9.94. The molecule has 0 spiro atoms. The third-order valence-corrected chi connectivity index (χ3v) is 5.18. The van der Waals surface area contributed by atoms with Gasteiger partial charge in [0.05, 0.1) is 26.1 Å². The fourth-order valence-electron chi connectivity index (χ4n) is 3.58. The number of fused-ring (bicyclic) bond motifs is 1. The van der Waals surface area contributed by atoms with Gasteiger partial charge in [-0.05, 0) is 44.4 Å². The summed E-state index contributed by atoms with van der Waals surface area (Å²) in [5.41, 5.74) is 4.71. The van der Waals surface area contributed by atoms with E-state index >= 15 is 0 Å². The number of hydrogen-bond acceptors (Lipinski definition) is 6. The van der Waals surface area contributed by atoms with Crippen molar-refractivity contribution in [3.8, 4) is 11.5 Å². The van der Waals surface area contributed by atoms with Gasteiger partial charge in [-0.3, -0.25) is 9.78 Å². The Kier molecular flexibility index (Phi) is 6.72. The Labute approximate surface area is 176 Å². The van der Waals surface area contributed by atoms with Crippen molar-refractivity contribution < 1.29 is 23.8 Å². The van der Waals surface area contributed by atoms with Gasteiger partial charge >= 0.3 is 5.97 Å². The second-order valence-corrected chi connectivity index (χ2v) is 7.14. The summed E-state index contributed by atoms with van der Waals surface area (Å²) in [5.74, 6) is 0.749. The Morgan fingerprint density at radius 3 is 2.70 bits per heavy atom. The van der Waals surface area contributed by atoms with Crippen molar-refractivity contribution in [2.75, 3.05) is 19.5 Å². The third kappa shape index (κ3) is 4.45. The predicted octanol–water partition coefficient (Wildman–Crippen LogP) is 3.99. The van der Waals surface area contributed by atoms with Crippen LogP contribution in [0, 0.1) is 6.92 Å². The molecule has 0 saturated carbocycles. The summed E-state index contributed by atoms with van der Waals surface area (Å²) >= 11 is 0. The topological polar surface area (TPSA) is 86.8 Å². The van der Waals surface area contributed by atoms with E-state index in [2.05, 4.69) is 10.3 Å². The van der Waals surface area contributed by atoms with E-state index in [9.17, 15) is 9.59 Å². The molecule has 0 unspecified atom stereocenters. The van der Waals surface area contributed by atoms with Crippen LogP contribution in [0.5, 0.6) is 11.5 Å². The van der Waals surface area contributed by atoms with Gasteiger partial charge in [-0.25, -0.2) is 4.79 Å². The number of pyridine rings is 1. The van der Waals surface area contributed by atoms with Crippen LogP contribution in [0.3, 0.4) is 0 Å². The van der Waals surface area contributed by atoms with E-state index in [-0.39, 0.29) is 18.5 Å². The maximum absolute atomic E-state index is 12.2. The number of amides is 1. The largest absolute Gasteiger partial charge is 0.496 e. The van der Waals surface area contributed by atoms with Crippen LogP contribution in [0.15, 0.2) is 36.2 Å². The van der Waals surface area contributed by atoms with Crippen molar-refractivity contribution in [1.82, 2.24) is 4.98 Å². The number of carbonyl (C=O) groups is 2. The molecule has 7 nitrogen and oxygen atoms in total. The molecule has 158 valence electrons. The average molecular weight is 410 g/mol. The first kappa shape index (κ1) is 21.4. The Morgan fingerprint density at radius 1 is 1.27 bits per heavy atom. The number of carbonyl (C=O) groups excluding carboxylic acids is 2. The number of esters is 1. The summed E-state index contributed by atoms with van der Waals surface area (Å²) in [6.45, 7) is 4.13. The molecule has 1 N–H and O–H groups in total. The highest BCUT2D eigenvalue weighted by Crippen LogP contribution is 2.42. The van der Waals surface area contributed by atoms with Crippen molar-refractivity contribution in [3.05, 3.63) is 58.4 Å². The van der Waals surface area contributed by atoms with Crippen molar-refractivity contribution in [3.63, 3.8) is 0 Å². The molecule has 0 aliphatic carbocycles. The minimum atomic E-state index is -0.373. The van der Waals surface area contributed by atoms with E-state index in [1.807, 2.05) is 19.9 Å². The summed E-state index contributed by atoms with van der Waals surface area (Å²) in [5, 5.41) is 2.83. The molecule has 1 aliphatic rings. The van der Waals surface area contributed by atoms with Crippen molar-refractivity contribution >= 4 is 17.6 Å². The molecule has 3 rings (SSSR count). The molecule has 7 heteroatoms. The Balaban J connectivity index is 1.73. The summed E-state index contributed by atoms with van der Waals surface area (Å²) < 4.78 is 16.4. The number of anilines is 1. The van der Waals surface area contributed by atoms with Crippen molar-refractivity contribution in [2.45, 2.75) is 39.7 Å². The van der Waals surface area contributed by atoms with Crippen molar-refractivity contribution in [1.29, 1.82) is 0 Å². The van der Waals surface area contributed by atoms with Gasteiger partial charge in [0.2, 0.25) is 5.91 Å². The van der Waals surface area contributed by atoms with Gasteiger partial charge in [-0.15, -0.1) is 0 Å². The summed E-state index contributed by atoms with van der Waals surface area (Å²) in [7, 11) is 3.15. The highest BCUT2D eigenvalue weighted by molar-refractivity contribution is 5.98. The standard InChI is InChI=1S/C23H26N2O5/c1-14(8-10-19(26)25-16-6-5-11-24-12-16)7-9-17-21(28-3)15(2)18-13-30-23(27)20(18)22(17)29-4/h5-7,11-12H,8-10,13H2,1-4H3,(H,25,26)/b14-7+. The number of nitrogens with zero attached hydrogens (tertiary/aromatic N) is 1. The van der Waals surface area contributed by atoms with Crippen LogP contribution in [-0.4, -0.2) is 31.1 Å². The van der Waals surface area contributed by atoms with Crippen LogP contribution in [0.1, 0.15) is 46.8 Å². The fourth-order valence-corrected chi connectivity index (χ4v) is 3.58. The smallest absolute Gasteiger partial charge is 0.342 e. The molecular weight excluding hydrogens is 384 g/mol. The second-order valence-electron chi connectivity index (χ2n) is 7.14. The molecular formula is C23H26N2O5. The fraction of sp³-hybridized carbons (Fsp3) is 0.348. The number of allylic oxidation sites excluding steroid dienone is 2. The lowest BCUT2D eigenvalue weighted by molar-refractivity contribution is -0.116. The van der Waals surface area contributed by atoms with Crippen LogP contribution >= 0.6 is 0 Å². The number of rotatable bonds is 8. The normalized spacial score (nSPS) is 12.9. The number of ether oxygens (including phenoxy) is 3. The molecule has 2 aromatic rings. The summed E-state index contributed by atoms with van der Waals surface area (Å²) in [6, 6.07) is 3.57. The molecule has 30 heavy (non-hydrogen) atoms. The Hall–Kier alpha value is -3.35. The molecule has 0 saturated heterocycles. The lowest BCUT2D eigenvalue weighted by Crippen LogP contribution is -2.11. The highest BCUT2D eigenvalue weighted by Gasteiger charge is 2.32. The number of cyclic esters (lactones) is 1. The SMILES string of the molecule is COc1c(C)c2c(c(OC)c1C/C=C(\C)CCC(=O)Nc1cccnc1)C(=O)OC2. The Bertz CT molecular complexity index is 983. The van der Waals surface area contributed by atoms with Crippen LogP contribution in [0.2, 0.25) is 0 Å². The molecule has 1 aromatic heterocycles. The van der Waals surface area contributed by atoms with E-state index in [1.54, 1.807) is 38.7 Å². The molecule has 2 heterocycles. The minimum Gasteiger partial charge on any atom is -0.496 e. The summed E-state index contributed by atoms with van der Waals surface area (Å²) in [6.07, 6.45) is 6.79. The maximum Gasteiger partial charge on any atom is 0.342 e. The lowest BCUT2D eigenvalue weighted by Gasteiger charge is -2.18. The van der Waals surface area contributed by atoms with Gasteiger partial charge in [-0.2, -0.15) is 0 Å². The van der Waals surface area contributed by atoms with Crippen LogP contribution in [-0.2, 0) is 22.6 Å². The molecule has 0 fully saturated rings. The van der Waals surface area contributed by atoms with Crippen LogP contribution in [0.25, 0.3) is 0 Å². The highest BCUT2D eigenvalue weighted by atomic mass is 16.5. The van der Waals surface area contributed by atoms with Gasteiger partial charge in [0, 0.05) is 23.7 Å². The third-order valence-electron chi connectivity index (χ3n) is 5.18. The second kappa shape index (κ2) is 9.43. The first-order valence-electron chi connectivity index (χ1n) is 9.75. The first-order chi connectivity index (χ1) is 14.5. The van der Waals surface area contributed by atoms with E-state index in [4.69, 9.17) is 14.2 Å². The van der Waals surface area contributed by atoms with Gasteiger partial charge in [0.1, 0.15) is 23.7 Å². The van der Waals surface area contributed by atoms with Crippen molar-refractivity contribution in [2.24, 2.45) is 0 Å².